The van der Waals surface area contributed by atoms with Gasteiger partial charge in [0.25, 0.3) is 0 Å². The first kappa shape index (κ1) is 31.8. The van der Waals surface area contributed by atoms with Gasteiger partial charge in [-0.2, -0.15) is 0 Å². The molecule has 2 aromatic rings. The van der Waals surface area contributed by atoms with Gasteiger partial charge in [0.2, 0.25) is 0 Å². The van der Waals surface area contributed by atoms with Gasteiger partial charge in [0, 0.05) is 29.8 Å². The normalized spacial score (nSPS) is 25.6. The number of aliphatic hydroxyl groups is 1. The second-order valence-electron chi connectivity index (χ2n) is 10.7. The molecule has 2 aliphatic rings. The van der Waals surface area contributed by atoms with E-state index in [2.05, 4.69) is 63.2 Å². The molecule has 226 valence electrons. The van der Waals surface area contributed by atoms with Gasteiger partial charge in [-0.1, -0.05) is 70.0 Å². The van der Waals surface area contributed by atoms with E-state index < -0.39 is 36.7 Å². The summed E-state index contributed by atoms with van der Waals surface area (Å²) in [4.78, 5) is 13.2. The minimum atomic E-state index is -1.03. The van der Waals surface area contributed by atoms with Crippen molar-refractivity contribution in [2.24, 2.45) is 0 Å². The number of ether oxygens (including phenoxy) is 5. The van der Waals surface area contributed by atoms with Crippen LogP contribution in [0.3, 0.4) is 0 Å². The van der Waals surface area contributed by atoms with Crippen molar-refractivity contribution in [3.05, 3.63) is 64.7 Å². The van der Waals surface area contributed by atoms with Crippen LogP contribution in [0.2, 0.25) is 0 Å². The third-order valence-electron chi connectivity index (χ3n) is 7.84. The number of aliphatic hydroxyl groups excluding tert-OH is 1. The van der Waals surface area contributed by atoms with Gasteiger partial charge in [0.05, 0.1) is 6.61 Å². The maximum Gasteiger partial charge on any atom is 0.508 e. The van der Waals surface area contributed by atoms with Gasteiger partial charge < -0.3 is 28.8 Å². The second-order valence-corrected chi connectivity index (χ2v) is 11.8. The molecule has 8 heteroatoms. The molecule has 1 N–H and O–H groups in total. The van der Waals surface area contributed by atoms with Gasteiger partial charge >= 0.3 is 6.16 Å². The summed E-state index contributed by atoms with van der Waals surface area (Å²) in [6.45, 7) is 9.23. The van der Waals surface area contributed by atoms with Crippen LogP contribution in [-0.2, 0) is 30.1 Å². The lowest BCUT2D eigenvalue weighted by atomic mass is 9.87. The summed E-state index contributed by atoms with van der Waals surface area (Å²) in [5.74, 6) is 1.28. The van der Waals surface area contributed by atoms with Gasteiger partial charge in [-0.15, -0.1) is 11.8 Å². The first-order chi connectivity index (χ1) is 20.0. The first-order valence-corrected chi connectivity index (χ1v) is 16.2. The molecule has 2 aromatic carbocycles. The molecule has 6 atom stereocenters. The molecule has 0 amide bonds. The second kappa shape index (κ2) is 15.9. The number of aryl methyl sites for hydroxylation is 1. The van der Waals surface area contributed by atoms with E-state index in [0.717, 1.165) is 43.4 Å². The number of hydrogen-bond donors (Lipinski definition) is 1. The highest BCUT2D eigenvalue weighted by Crippen LogP contribution is 2.46. The van der Waals surface area contributed by atoms with Crippen LogP contribution in [0.4, 0.5) is 4.79 Å². The molecule has 4 rings (SSSR count). The van der Waals surface area contributed by atoms with Crippen molar-refractivity contribution in [2.45, 2.75) is 101 Å². The van der Waals surface area contributed by atoms with Crippen LogP contribution in [-0.4, -0.2) is 67.9 Å². The first-order valence-electron chi connectivity index (χ1n) is 15.2. The summed E-state index contributed by atoms with van der Waals surface area (Å²) in [5.41, 5.74) is 4.89. The number of thioether (sulfide) groups is 1. The summed E-state index contributed by atoms with van der Waals surface area (Å²) in [7, 11) is 0. The highest BCUT2D eigenvalue weighted by atomic mass is 32.2. The average Bonchev–Trinajstić information content (AvgIpc) is 3.41. The molecule has 0 bridgehead atoms. The molecule has 0 aromatic heterocycles. The Morgan fingerprint density at radius 3 is 2.27 bits per heavy atom. The van der Waals surface area contributed by atoms with Crippen LogP contribution < -0.4 is 0 Å². The molecule has 0 spiro atoms. The molecule has 2 aliphatic heterocycles. The average molecular weight is 587 g/mol. The Labute approximate surface area is 249 Å². The van der Waals surface area contributed by atoms with E-state index in [1.165, 1.54) is 21.6 Å². The molecule has 0 saturated carbocycles. The van der Waals surface area contributed by atoms with E-state index in [9.17, 15) is 9.90 Å². The maximum absolute atomic E-state index is 12.0. The summed E-state index contributed by atoms with van der Waals surface area (Å²) in [5, 5.41) is 11.4. The highest BCUT2D eigenvalue weighted by Gasteiger charge is 2.48. The van der Waals surface area contributed by atoms with Crippen molar-refractivity contribution in [3.63, 3.8) is 0 Å². The van der Waals surface area contributed by atoms with Gasteiger partial charge in [0.1, 0.15) is 37.1 Å². The molecular weight excluding hydrogens is 540 g/mol. The zero-order chi connectivity index (χ0) is 29.2. The molecule has 0 aliphatic carbocycles. The zero-order valence-electron chi connectivity index (χ0n) is 24.9. The Morgan fingerprint density at radius 1 is 0.927 bits per heavy atom. The number of carbonyl (C=O) groups is 1. The fraction of sp³-hybridized carbons (Fsp3) is 0.606. The largest absolute Gasteiger partial charge is 0.508 e. The van der Waals surface area contributed by atoms with Crippen molar-refractivity contribution < 1.29 is 33.6 Å². The highest BCUT2D eigenvalue weighted by molar-refractivity contribution is 7.99. The van der Waals surface area contributed by atoms with E-state index in [-0.39, 0.29) is 19.1 Å². The molecular formula is C33H46O7S. The Bertz CT molecular complexity index is 1090. The van der Waals surface area contributed by atoms with E-state index in [1.54, 1.807) is 6.92 Å². The standard InChI is InChI=1S/C33H46O7S/c1-5-9-17-37-31-29(34)27(20-39-33(35)36-8-4)40-30(32(31)38-18-10-6-2)24-15-16-28-25(19-24)26(21-41-28)23-13-11-22(7-3)12-14-23/h11-16,19,26-27,29-32,34H,5-10,17-18,20-21H2,1-4H3. The topological polar surface area (TPSA) is 83.5 Å². The Balaban J connectivity index is 1.65. The number of unbranched alkanes of at least 4 members (excludes halogenated alkanes) is 2. The minimum Gasteiger partial charge on any atom is -0.435 e. The number of benzene rings is 2. The van der Waals surface area contributed by atoms with Crippen LogP contribution in [0, 0.1) is 0 Å². The van der Waals surface area contributed by atoms with Crippen molar-refractivity contribution in [1.82, 2.24) is 0 Å². The maximum atomic E-state index is 12.0. The van der Waals surface area contributed by atoms with E-state index >= 15 is 0 Å². The molecule has 0 radical (unpaired) electrons. The predicted octanol–water partition coefficient (Wildman–Crippen LogP) is 6.83. The predicted molar refractivity (Wildman–Crippen MR) is 161 cm³/mol. The SMILES string of the molecule is CCCCOC1C(c2ccc3c(c2)C(c2ccc(CC)cc2)CS3)OC(COC(=O)OCC)C(O)C1OCCCC. The molecule has 2 heterocycles. The van der Waals surface area contributed by atoms with Crippen molar-refractivity contribution >= 4 is 17.9 Å². The number of carbonyl (C=O) groups excluding carboxylic acids is 1. The van der Waals surface area contributed by atoms with E-state index in [0.29, 0.717) is 13.2 Å². The lowest BCUT2D eigenvalue weighted by Crippen LogP contribution is -2.57. The minimum absolute atomic E-state index is 0.140. The van der Waals surface area contributed by atoms with Crippen LogP contribution in [0.1, 0.15) is 87.7 Å². The summed E-state index contributed by atoms with van der Waals surface area (Å²) in [6, 6.07) is 15.4. The smallest absolute Gasteiger partial charge is 0.435 e. The fourth-order valence-corrected chi connectivity index (χ4v) is 6.67. The molecule has 41 heavy (non-hydrogen) atoms. The van der Waals surface area contributed by atoms with Crippen LogP contribution in [0.15, 0.2) is 47.4 Å². The van der Waals surface area contributed by atoms with Gasteiger partial charge in [0.15, 0.2) is 0 Å². The fourth-order valence-electron chi connectivity index (χ4n) is 5.42. The quantitative estimate of drug-likeness (QED) is 0.191. The van der Waals surface area contributed by atoms with E-state index in [1.807, 2.05) is 11.8 Å². The number of hydrogen-bond acceptors (Lipinski definition) is 8. The summed E-state index contributed by atoms with van der Waals surface area (Å²) in [6.07, 6.45) is 0.508. The summed E-state index contributed by atoms with van der Waals surface area (Å²) >= 11 is 1.88. The lowest BCUT2D eigenvalue weighted by molar-refractivity contribution is -0.256. The van der Waals surface area contributed by atoms with Crippen molar-refractivity contribution in [1.29, 1.82) is 0 Å². The van der Waals surface area contributed by atoms with Gasteiger partial charge in [-0.25, -0.2) is 4.79 Å². The lowest BCUT2D eigenvalue weighted by Gasteiger charge is -2.44. The van der Waals surface area contributed by atoms with Crippen LogP contribution in [0.25, 0.3) is 0 Å². The molecule has 6 unspecified atom stereocenters. The Hall–Kier alpha value is -2.10. The van der Waals surface area contributed by atoms with Gasteiger partial charge in [-0.3, -0.25) is 0 Å². The number of rotatable bonds is 14. The van der Waals surface area contributed by atoms with Crippen molar-refractivity contribution in [3.8, 4) is 0 Å². The molecule has 7 nitrogen and oxygen atoms in total. The Kier molecular flexibility index (Phi) is 12.4. The van der Waals surface area contributed by atoms with Gasteiger partial charge in [-0.05, 0) is 54.5 Å². The molecule has 1 fully saturated rings. The monoisotopic (exact) mass is 586 g/mol. The third kappa shape index (κ3) is 8.05. The Morgan fingerprint density at radius 2 is 1.61 bits per heavy atom. The zero-order valence-corrected chi connectivity index (χ0v) is 25.7. The molecule has 1 saturated heterocycles. The van der Waals surface area contributed by atoms with Crippen LogP contribution >= 0.6 is 11.8 Å². The third-order valence-corrected chi connectivity index (χ3v) is 9.02. The van der Waals surface area contributed by atoms with Crippen LogP contribution in [0.5, 0.6) is 0 Å². The summed E-state index contributed by atoms with van der Waals surface area (Å²) < 4.78 is 29.5. The van der Waals surface area contributed by atoms with Crippen molar-refractivity contribution in [2.75, 3.05) is 32.2 Å². The van der Waals surface area contributed by atoms with E-state index in [4.69, 9.17) is 23.7 Å². The number of fused-ring (bicyclic) bond motifs is 1.